The van der Waals surface area contributed by atoms with Crippen LogP contribution in [-0.4, -0.2) is 50.1 Å². The van der Waals surface area contributed by atoms with Crippen molar-refractivity contribution in [1.82, 2.24) is 15.5 Å². The third-order valence-corrected chi connectivity index (χ3v) is 3.96. The van der Waals surface area contributed by atoms with Gasteiger partial charge in [0.05, 0.1) is 6.54 Å². The molecule has 2 rings (SSSR count). The van der Waals surface area contributed by atoms with Crippen molar-refractivity contribution >= 4 is 11.9 Å². The summed E-state index contributed by atoms with van der Waals surface area (Å²) < 4.78 is 28.8. The number of carbonyl (C=O) groups excluding carboxylic acids is 1. The van der Waals surface area contributed by atoms with Crippen molar-refractivity contribution in [2.75, 3.05) is 26.7 Å². The van der Waals surface area contributed by atoms with Gasteiger partial charge in [-0.2, -0.15) is 8.78 Å². The summed E-state index contributed by atoms with van der Waals surface area (Å²) in [5.41, 5.74) is 1.54. The highest BCUT2D eigenvalue weighted by molar-refractivity contribution is 5.94. The maximum absolute atomic E-state index is 12.2. The summed E-state index contributed by atoms with van der Waals surface area (Å²) in [6, 6.07) is 15.5. The Morgan fingerprint density at radius 3 is 2.41 bits per heavy atom. The van der Waals surface area contributed by atoms with E-state index >= 15 is 0 Å². The normalized spacial score (nSPS) is 11.3. The molecule has 0 atom stereocenters. The Morgan fingerprint density at radius 2 is 1.79 bits per heavy atom. The van der Waals surface area contributed by atoms with E-state index in [2.05, 4.69) is 20.4 Å². The lowest BCUT2D eigenvalue weighted by Crippen LogP contribution is -2.39. The molecule has 0 bridgehead atoms. The van der Waals surface area contributed by atoms with Crippen LogP contribution in [0.4, 0.5) is 8.78 Å². The number of hydrogen-bond acceptors (Lipinski definition) is 3. The average Bonchev–Trinajstić information content (AvgIpc) is 2.71. The number of ether oxygens (including phenoxy) is 1. The number of alkyl halides is 2. The zero-order valence-electron chi connectivity index (χ0n) is 16.6. The Bertz CT molecular complexity index is 783. The number of rotatable bonds is 9. The largest absolute Gasteiger partial charge is 0.435 e. The van der Waals surface area contributed by atoms with Crippen molar-refractivity contribution in [2.45, 2.75) is 20.1 Å². The highest BCUT2D eigenvalue weighted by Gasteiger charge is 2.08. The molecule has 2 aromatic carbocycles. The van der Waals surface area contributed by atoms with Crippen LogP contribution in [0, 0.1) is 0 Å². The molecule has 0 unspecified atom stereocenters. The van der Waals surface area contributed by atoms with E-state index < -0.39 is 6.61 Å². The van der Waals surface area contributed by atoms with Gasteiger partial charge in [0.15, 0.2) is 5.96 Å². The van der Waals surface area contributed by atoms with Crippen molar-refractivity contribution in [3.63, 3.8) is 0 Å². The Balaban J connectivity index is 1.87. The summed E-state index contributed by atoms with van der Waals surface area (Å²) in [5, 5.41) is 6.04. The Morgan fingerprint density at radius 1 is 1.10 bits per heavy atom. The molecule has 0 aliphatic heterocycles. The van der Waals surface area contributed by atoms with E-state index in [1.54, 1.807) is 24.3 Å². The van der Waals surface area contributed by atoms with E-state index in [0.29, 0.717) is 37.7 Å². The Kier molecular flexibility index (Phi) is 8.88. The van der Waals surface area contributed by atoms with Crippen LogP contribution in [0.1, 0.15) is 22.8 Å². The minimum atomic E-state index is -2.83. The summed E-state index contributed by atoms with van der Waals surface area (Å²) >= 11 is 0. The van der Waals surface area contributed by atoms with E-state index in [-0.39, 0.29) is 11.7 Å². The predicted octanol–water partition coefficient (Wildman–Crippen LogP) is 3.12. The molecule has 0 aromatic heterocycles. The van der Waals surface area contributed by atoms with Crippen LogP contribution in [0.2, 0.25) is 0 Å². The minimum absolute atomic E-state index is 0.126. The zero-order valence-corrected chi connectivity index (χ0v) is 16.6. The summed E-state index contributed by atoms with van der Waals surface area (Å²) in [5.74, 6) is 0.681. The lowest BCUT2D eigenvalue weighted by molar-refractivity contribution is -0.0498. The fourth-order valence-electron chi connectivity index (χ4n) is 2.62. The number of benzene rings is 2. The van der Waals surface area contributed by atoms with E-state index in [9.17, 15) is 13.6 Å². The SMILES string of the molecule is CCNC(=NCCNC(=O)c1ccccc1)N(C)Cc1ccc(OC(F)F)cc1. The molecular weight excluding hydrogens is 378 g/mol. The Hall–Kier alpha value is -3.16. The first-order valence-electron chi connectivity index (χ1n) is 9.36. The summed E-state index contributed by atoms with van der Waals surface area (Å²) in [6.07, 6.45) is 0. The van der Waals surface area contributed by atoms with Crippen LogP contribution in [0.5, 0.6) is 5.75 Å². The molecule has 6 nitrogen and oxygen atoms in total. The number of halogens is 2. The lowest BCUT2D eigenvalue weighted by Gasteiger charge is -2.22. The fraction of sp³-hybridized carbons (Fsp3) is 0.333. The maximum Gasteiger partial charge on any atom is 0.387 e. The molecule has 2 aromatic rings. The highest BCUT2D eigenvalue weighted by Crippen LogP contribution is 2.15. The summed E-state index contributed by atoms with van der Waals surface area (Å²) in [7, 11) is 1.88. The van der Waals surface area contributed by atoms with Crippen molar-refractivity contribution in [3.05, 3.63) is 65.7 Å². The van der Waals surface area contributed by atoms with Crippen molar-refractivity contribution < 1.29 is 18.3 Å². The third-order valence-electron chi connectivity index (χ3n) is 3.96. The number of guanidine groups is 1. The van der Waals surface area contributed by atoms with Gasteiger partial charge >= 0.3 is 6.61 Å². The predicted molar refractivity (Wildman–Crippen MR) is 109 cm³/mol. The van der Waals surface area contributed by atoms with Crippen LogP contribution in [0.15, 0.2) is 59.6 Å². The maximum atomic E-state index is 12.2. The van der Waals surface area contributed by atoms with E-state index in [1.165, 1.54) is 12.1 Å². The average molecular weight is 404 g/mol. The topological polar surface area (TPSA) is 66.0 Å². The molecular formula is C21H26F2N4O2. The van der Waals surface area contributed by atoms with Crippen LogP contribution < -0.4 is 15.4 Å². The van der Waals surface area contributed by atoms with Gasteiger partial charge in [-0.05, 0) is 36.8 Å². The first-order valence-corrected chi connectivity index (χ1v) is 9.36. The molecule has 156 valence electrons. The van der Waals surface area contributed by atoms with Crippen LogP contribution in [0.25, 0.3) is 0 Å². The molecule has 0 saturated heterocycles. The summed E-state index contributed by atoms with van der Waals surface area (Å²) in [4.78, 5) is 18.5. The van der Waals surface area contributed by atoms with Crippen LogP contribution in [-0.2, 0) is 6.54 Å². The van der Waals surface area contributed by atoms with Crippen LogP contribution in [0.3, 0.4) is 0 Å². The molecule has 0 spiro atoms. The van der Waals surface area contributed by atoms with Gasteiger partial charge in [0, 0.05) is 32.2 Å². The number of carbonyl (C=O) groups is 1. The molecule has 0 radical (unpaired) electrons. The van der Waals surface area contributed by atoms with Gasteiger partial charge < -0.3 is 20.3 Å². The number of aliphatic imine (C=N–C) groups is 1. The second kappa shape index (κ2) is 11.6. The van der Waals surface area contributed by atoms with E-state index in [1.807, 2.05) is 37.1 Å². The molecule has 29 heavy (non-hydrogen) atoms. The highest BCUT2D eigenvalue weighted by atomic mass is 19.3. The zero-order chi connectivity index (χ0) is 21.1. The van der Waals surface area contributed by atoms with Crippen molar-refractivity contribution in [1.29, 1.82) is 0 Å². The molecule has 8 heteroatoms. The van der Waals surface area contributed by atoms with Gasteiger partial charge in [0.2, 0.25) is 0 Å². The number of nitrogens with one attached hydrogen (secondary N) is 2. The molecule has 0 fully saturated rings. The molecule has 1 amide bonds. The molecule has 2 N–H and O–H groups in total. The molecule has 0 aliphatic rings. The fourth-order valence-corrected chi connectivity index (χ4v) is 2.62. The number of nitrogens with zero attached hydrogens (tertiary/aromatic N) is 2. The van der Waals surface area contributed by atoms with Crippen LogP contribution >= 0.6 is 0 Å². The monoisotopic (exact) mass is 404 g/mol. The number of hydrogen-bond donors (Lipinski definition) is 2. The third kappa shape index (κ3) is 7.77. The van der Waals surface area contributed by atoms with Gasteiger partial charge in [-0.3, -0.25) is 9.79 Å². The van der Waals surface area contributed by atoms with Crippen molar-refractivity contribution in [2.24, 2.45) is 4.99 Å². The summed E-state index contributed by atoms with van der Waals surface area (Å²) in [6.45, 7) is 1.20. The first-order chi connectivity index (χ1) is 14.0. The Labute approximate surface area is 169 Å². The standard InChI is InChI=1S/C21H26F2N4O2/c1-3-24-21(26-14-13-25-19(28)17-7-5-4-6-8-17)27(2)15-16-9-11-18(12-10-16)29-20(22)23/h4-12,20H,3,13-15H2,1-2H3,(H,24,26)(H,25,28). The van der Waals surface area contributed by atoms with Gasteiger partial charge in [0.25, 0.3) is 5.91 Å². The quantitative estimate of drug-likeness (QED) is 0.383. The first kappa shape index (κ1) is 22.1. The van der Waals surface area contributed by atoms with Crippen molar-refractivity contribution in [3.8, 4) is 5.75 Å². The van der Waals surface area contributed by atoms with Gasteiger partial charge in [0.1, 0.15) is 5.75 Å². The number of amides is 1. The molecule has 0 saturated carbocycles. The minimum Gasteiger partial charge on any atom is -0.435 e. The smallest absolute Gasteiger partial charge is 0.387 e. The van der Waals surface area contributed by atoms with E-state index in [0.717, 1.165) is 5.56 Å². The van der Waals surface area contributed by atoms with Gasteiger partial charge in [-0.25, -0.2) is 0 Å². The second-order valence-corrected chi connectivity index (χ2v) is 6.24. The molecule has 0 heterocycles. The second-order valence-electron chi connectivity index (χ2n) is 6.24. The van der Waals surface area contributed by atoms with Gasteiger partial charge in [-0.15, -0.1) is 0 Å². The lowest BCUT2D eigenvalue weighted by atomic mass is 10.2. The molecule has 0 aliphatic carbocycles. The van der Waals surface area contributed by atoms with Gasteiger partial charge in [-0.1, -0.05) is 30.3 Å². The van der Waals surface area contributed by atoms with E-state index in [4.69, 9.17) is 0 Å².